The summed E-state index contributed by atoms with van der Waals surface area (Å²) in [5.41, 5.74) is 13.4. The molecule has 9 rings (SSSR count). The van der Waals surface area contributed by atoms with Gasteiger partial charge in [-0.1, -0.05) is 135 Å². The Morgan fingerprint density at radius 3 is 1.53 bits per heavy atom. The summed E-state index contributed by atoms with van der Waals surface area (Å²) in [6.45, 7) is 9.37. The fraction of sp³-hybridized carbons (Fsp3) is 0.111. The molecule has 0 atom stereocenters. The van der Waals surface area contributed by atoms with Gasteiger partial charge in [-0.25, -0.2) is 0 Å². The van der Waals surface area contributed by atoms with Crippen LogP contribution in [-0.4, -0.2) is 0 Å². The third kappa shape index (κ3) is 3.66. The molecule has 0 saturated heterocycles. The molecule has 8 aromatic carbocycles. The van der Waals surface area contributed by atoms with Gasteiger partial charge in [-0.3, -0.25) is 0 Å². The Labute approximate surface area is 264 Å². The lowest BCUT2D eigenvalue weighted by molar-refractivity contribution is 0.661. The summed E-state index contributed by atoms with van der Waals surface area (Å²) < 4.78 is 0. The monoisotopic (exact) mass is 574 g/mol. The topological polar surface area (TPSA) is 0 Å². The molecule has 214 valence electrons. The third-order valence-corrected chi connectivity index (χ3v) is 10.5. The van der Waals surface area contributed by atoms with Gasteiger partial charge in [0.15, 0.2) is 0 Å². The lowest BCUT2D eigenvalue weighted by Gasteiger charge is -2.24. The fourth-order valence-electron chi connectivity index (χ4n) is 8.24. The number of hydrogen-bond acceptors (Lipinski definition) is 0. The maximum atomic E-state index is 2.51. The zero-order valence-corrected chi connectivity index (χ0v) is 26.2. The maximum Gasteiger partial charge on any atom is 0.0159 e. The van der Waals surface area contributed by atoms with Crippen molar-refractivity contribution in [3.8, 4) is 33.4 Å². The van der Waals surface area contributed by atoms with Gasteiger partial charge < -0.3 is 0 Å². The molecule has 0 fully saturated rings. The van der Waals surface area contributed by atoms with Crippen LogP contribution in [0.4, 0.5) is 0 Å². The van der Waals surface area contributed by atoms with Crippen molar-refractivity contribution in [3.63, 3.8) is 0 Å². The molecule has 0 aliphatic heterocycles. The van der Waals surface area contributed by atoms with Gasteiger partial charge in [0.2, 0.25) is 0 Å². The highest BCUT2D eigenvalue weighted by Gasteiger charge is 2.38. The number of hydrogen-bond donors (Lipinski definition) is 0. The molecule has 0 N–H and O–H groups in total. The highest BCUT2D eigenvalue weighted by atomic mass is 14.4. The van der Waals surface area contributed by atoms with Crippen molar-refractivity contribution in [1.29, 1.82) is 0 Å². The lowest BCUT2D eigenvalue weighted by Crippen LogP contribution is -2.15. The van der Waals surface area contributed by atoms with Crippen molar-refractivity contribution < 1.29 is 0 Å². The van der Waals surface area contributed by atoms with Crippen molar-refractivity contribution >= 4 is 43.1 Å². The zero-order valence-electron chi connectivity index (χ0n) is 26.2. The Balaban J connectivity index is 1.30. The smallest absolute Gasteiger partial charge is 0.0159 e. The molecule has 0 heterocycles. The molecule has 0 spiro atoms. The predicted molar refractivity (Wildman–Crippen MR) is 194 cm³/mol. The summed E-state index contributed by atoms with van der Waals surface area (Å²) in [5, 5.41) is 10.5. The van der Waals surface area contributed by atoms with Crippen LogP contribution < -0.4 is 0 Å². The molecular formula is C45H34. The summed E-state index contributed by atoms with van der Waals surface area (Å²) in [4.78, 5) is 0. The molecular weight excluding hydrogens is 540 g/mol. The van der Waals surface area contributed by atoms with Crippen LogP contribution >= 0.6 is 0 Å². The third-order valence-electron chi connectivity index (χ3n) is 10.5. The van der Waals surface area contributed by atoms with Crippen molar-refractivity contribution in [2.45, 2.75) is 33.1 Å². The van der Waals surface area contributed by atoms with E-state index in [1.807, 2.05) is 0 Å². The Morgan fingerprint density at radius 1 is 0.356 bits per heavy atom. The minimum atomic E-state index is -0.0968. The first kappa shape index (κ1) is 26.2. The molecule has 0 heteroatoms. The number of rotatable bonds is 2. The van der Waals surface area contributed by atoms with Crippen molar-refractivity contribution in [1.82, 2.24) is 0 Å². The molecule has 8 aromatic rings. The van der Waals surface area contributed by atoms with Crippen molar-refractivity contribution in [2.24, 2.45) is 0 Å². The Morgan fingerprint density at radius 2 is 0.844 bits per heavy atom. The van der Waals surface area contributed by atoms with Crippen LogP contribution in [0.1, 0.15) is 36.1 Å². The highest BCUT2D eigenvalue weighted by molar-refractivity contribution is 6.16. The molecule has 0 amide bonds. The van der Waals surface area contributed by atoms with Crippen LogP contribution in [0.2, 0.25) is 0 Å². The van der Waals surface area contributed by atoms with E-state index < -0.39 is 0 Å². The molecule has 0 saturated carbocycles. The van der Waals surface area contributed by atoms with E-state index in [0.29, 0.717) is 0 Å². The van der Waals surface area contributed by atoms with Crippen LogP contribution in [-0.2, 0) is 5.41 Å². The molecule has 1 aliphatic carbocycles. The van der Waals surface area contributed by atoms with Crippen molar-refractivity contribution in [2.75, 3.05) is 0 Å². The highest BCUT2D eigenvalue weighted by Crippen LogP contribution is 2.55. The van der Waals surface area contributed by atoms with E-state index in [2.05, 4.69) is 161 Å². The molecule has 0 nitrogen and oxygen atoms in total. The molecule has 45 heavy (non-hydrogen) atoms. The van der Waals surface area contributed by atoms with Gasteiger partial charge in [0.05, 0.1) is 0 Å². The molecule has 0 aromatic heterocycles. The van der Waals surface area contributed by atoms with Gasteiger partial charge in [-0.15, -0.1) is 0 Å². The van der Waals surface area contributed by atoms with Crippen LogP contribution in [0.5, 0.6) is 0 Å². The fourth-order valence-corrected chi connectivity index (χ4v) is 8.24. The minimum Gasteiger partial charge on any atom is -0.0616 e. The Hall–Kier alpha value is -5.20. The van der Waals surface area contributed by atoms with Gasteiger partial charge in [-0.05, 0) is 125 Å². The molecule has 0 bridgehead atoms. The Kier molecular flexibility index (Phi) is 5.48. The van der Waals surface area contributed by atoms with E-state index >= 15 is 0 Å². The van der Waals surface area contributed by atoms with E-state index in [-0.39, 0.29) is 5.41 Å². The second-order valence-corrected chi connectivity index (χ2v) is 13.4. The quantitative estimate of drug-likeness (QED) is 0.180. The molecule has 1 aliphatic rings. The SMILES string of the molecule is Cc1cc(-c2cc3ccccc3c3ccccc23)c(C)cc1-c1cc2c(c3ccccc13)-c1c(ccc3ccccc13)C2(C)C. The molecule has 0 unspecified atom stereocenters. The second kappa shape index (κ2) is 9.40. The normalized spacial score (nSPS) is 13.5. The van der Waals surface area contributed by atoms with E-state index in [4.69, 9.17) is 0 Å². The first-order chi connectivity index (χ1) is 21.9. The number of benzene rings is 8. The second-order valence-electron chi connectivity index (χ2n) is 13.4. The standard InChI is InChI=1S/C45H34/c1-27-24-38(28(2)23-37(27)39-25-30-14-6-7-15-31(30)33-17-9-10-18-34(33)39)40-26-42-44(36-20-12-11-19-35(36)40)43-32-16-8-5-13-29(32)21-22-41(43)45(42,3)4/h5-26H,1-4H3. The van der Waals surface area contributed by atoms with E-state index in [0.717, 1.165) is 0 Å². The van der Waals surface area contributed by atoms with E-state index in [9.17, 15) is 0 Å². The minimum absolute atomic E-state index is 0.0968. The van der Waals surface area contributed by atoms with Gasteiger partial charge in [0.1, 0.15) is 0 Å². The predicted octanol–water partition coefficient (Wildman–Crippen LogP) is 12.6. The molecule has 0 radical (unpaired) electrons. The zero-order chi connectivity index (χ0) is 30.4. The average molecular weight is 575 g/mol. The largest absolute Gasteiger partial charge is 0.0616 e. The number of fused-ring (bicyclic) bond motifs is 10. The van der Waals surface area contributed by atoms with Crippen LogP contribution in [0.3, 0.4) is 0 Å². The summed E-state index contributed by atoms with van der Waals surface area (Å²) in [7, 11) is 0. The summed E-state index contributed by atoms with van der Waals surface area (Å²) >= 11 is 0. The van der Waals surface area contributed by atoms with Gasteiger partial charge in [0, 0.05) is 5.41 Å². The first-order valence-electron chi connectivity index (χ1n) is 16.0. The Bertz CT molecular complexity index is 2520. The number of aryl methyl sites for hydroxylation is 2. The van der Waals surface area contributed by atoms with E-state index in [1.165, 1.54) is 98.7 Å². The van der Waals surface area contributed by atoms with Gasteiger partial charge in [-0.2, -0.15) is 0 Å². The van der Waals surface area contributed by atoms with Gasteiger partial charge in [0.25, 0.3) is 0 Å². The maximum absolute atomic E-state index is 2.51. The van der Waals surface area contributed by atoms with Gasteiger partial charge >= 0.3 is 0 Å². The average Bonchev–Trinajstić information content (AvgIpc) is 3.31. The first-order valence-corrected chi connectivity index (χ1v) is 16.0. The summed E-state index contributed by atoms with van der Waals surface area (Å²) in [6.07, 6.45) is 0. The van der Waals surface area contributed by atoms with E-state index in [1.54, 1.807) is 0 Å². The lowest BCUT2D eigenvalue weighted by atomic mass is 9.79. The van der Waals surface area contributed by atoms with Crippen LogP contribution in [0.15, 0.2) is 133 Å². The summed E-state index contributed by atoms with van der Waals surface area (Å²) in [5.74, 6) is 0. The van der Waals surface area contributed by atoms with Crippen LogP contribution in [0.25, 0.3) is 76.5 Å². The van der Waals surface area contributed by atoms with Crippen LogP contribution in [0, 0.1) is 13.8 Å². The summed E-state index contributed by atoms with van der Waals surface area (Å²) in [6, 6.07) is 50.0. The van der Waals surface area contributed by atoms with Crippen molar-refractivity contribution in [3.05, 3.63) is 156 Å².